The molecule has 6 heteroatoms. The Morgan fingerprint density at radius 3 is 2.86 bits per heavy atom. The number of carbonyl (C=O) groups is 2. The molecule has 2 aliphatic heterocycles. The molecule has 2 saturated heterocycles. The van der Waals surface area contributed by atoms with Gasteiger partial charge in [-0.3, -0.25) is 9.59 Å². The molecule has 1 N–H and O–H groups in total. The zero-order valence-corrected chi connectivity index (χ0v) is 13.3. The number of anilines is 1. The molecule has 118 valence electrons. The summed E-state index contributed by atoms with van der Waals surface area (Å²) in [6, 6.07) is 10.4. The molecule has 0 aliphatic carbocycles. The van der Waals surface area contributed by atoms with Crippen LogP contribution in [0, 0.1) is 5.92 Å². The van der Waals surface area contributed by atoms with E-state index in [-0.39, 0.29) is 18.4 Å². The SMILES string of the molecule is O=C(CN1CSCC1=O)NC[C@H]1CCN(c2ccccc2)C1. The Morgan fingerprint density at radius 1 is 1.32 bits per heavy atom. The highest BCUT2D eigenvalue weighted by Gasteiger charge is 2.25. The maximum atomic E-state index is 11.9. The molecule has 0 saturated carbocycles. The van der Waals surface area contributed by atoms with Crippen LogP contribution in [0.1, 0.15) is 6.42 Å². The van der Waals surface area contributed by atoms with Crippen LogP contribution < -0.4 is 10.2 Å². The van der Waals surface area contributed by atoms with Crippen molar-refractivity contribution in [2.75, 3.05) is 42.7 Å². The van der Waals surface area contributed by atoms with Gasteiger partial charge in [-0.25, -0.2) is 0 Å². The van der Waals surface area contributed by atoms with E-state index in [1.807, 2.05) is 6.07 Å². The van der Waals surface area contributed by atoms with Crippen molar-refractivity contribution in [3.05, 3.63) is 30.3 Å². The predicted molar refractivity (Wildman–Crippen MR) is 88.8 cm³/mol. The van der Waals surface area contributed by atoms with Crippen LogP contribution in [0.2, 0.25) is 0 Å². The lowest BCUT2D eigenvalue weighted by molar-refractivity contribution is -0.132. The van der Waals surface area contributed by atoms with Gasteiger partial charge in [0.05, 0.1) is 11.6 Å². The zero-order valence-electron chi connectivity index (χ0n) is 12.5. The number of para-hydroxylation sites is 1. The summed E-state index contributed by atoms with van der Waals surface area (Å²) in [5, 5.41) is 2.98. The summed E-state index contributed by atoms with van der Waals surface area (Å²) in [6.45, 7) is 2.90. The fourth-order valence-corrected chi connectivity index (χ4v) is 3.80. The van der Waals surface area contributed by atoms with Crippen molar-refractivity contribution in [2.24, 2.45) is 5.92 Å². The fourth-order valence-electron chi connectivity index (χ4n) is 2.90. The minimum atomic E-state index is -0.0472. The molecule has 0 aromatic heterocycles. The van der Waals surface area contributed by atoms with Gasteiger partial charge in [0.1, 0.15) is 6.54 Å². The van der Waals surface area contributed by atoms with Crippen molar-refractivity contribution >= 4 is 29.3 Å². The van der Waals surface area contributed by atoms with Gasteiger partial charge >= 0.3 is 0 Å². The molecular weight excluding hydrogens is 298 g/mol. The lowest BCUT2D eigenvalue weighted by Gasteiger charge is -2.19. The molecule has 0 radical (unpaired) electrons. The molecule has 2 amide bonds. The van der Waals surface area contributed by atoms with Gasteiger partial charge in [-0.05, 0) is 24.5 Å². The van der Waals surface area contributed by atoms with E-state index in [1.165, 1.54) is 5.69 Å². The van der Waals surface area contributed by atoms with Crippen molar-refractivity contribution in [3.63, 3.8) is 0 Å². The minimum Gasteiger partial charge on any atom is -0.371 e. The van der Waals surface area contributed by atoms with Gasteiger partial charge in [0.25, 0.3) is 0 Å². The Hall–Kier alpha value is -1.69. The Labute approximate surface area is 135 Å². The Morgan fingerprint density at radius 2 is 2.14 bits per heavy atom. The minimum absolute atomic E-state index is 0.0472. The molecule has 1 aromatic rings. The third-order valence-corrected chi connectivity index (χ3v) is 5.10. The molecule has 22 heavy (non-hydrogen) atoms. The number of amides is 2. The molecule has 0 bridgehead atoms. The quantitative estimate of drug-likeness (QED) is 0.885. The first-order valence-corrected chi connectivity index (χ1v) is 8.80. The summed E-state index contributed by atoms with van der Waals surface area (Å²) in [7, 11) is 0. The summed E-state index contributed by atoms with van der Waals surface area (Å²) in [5.74, 6) is 1.64. The van der Waals surface area contributed by atoms with Crippen molar-refractivity contribution in [1.82, 2.24) is 10.2 Å². The summed E-state index contributed by atoms with van der Waals surface area (Å²) >= 11 is 1.56. The Balaban J connectivity index is 1.41. The molecule has 1 atom stereocenters. The second-order valence-electron chi connectivity index (χ2n) is 5.81. The third-order valence-electron chi connectivity index (χ3n) is 4.15. The zero-order chi connectivity index (χ0) is 15.4. The van der Waals surface area contributed by atoms with Gasteiger partial charge < -0.3 is 15.1 Å². The van der Waals surface area contributed by atoms with Crippen LogP contribution >= 0.6 is 11.8 Å². The number of hydrogen-bond donors (Lipinski definition) is 1. The number of hydrogen-bond acceptors (Lipinski definition) is 4. The fraction of sp³-hybridized carbons (Fsp3) is 0.500. The van der Waals surface area contributed by atoms with E-state index in [4.69, 9.17) is 0 Å². The van der Waals surface area contributed by atoms with Gasteiger partial charge in [-0.1, -0.05) is 18.2 Å². The topological polar surface area (TPSA) is 52.7 Å². The number of nitrogens with one attached hydrogen (secondary N) is 1. The van der Waals surface area contributed by atoms with Crippen LogP contribution in [0.3, 0.4) is 0 Å². The normalized spacial score (nSPS) is 21.5. The summed E-state index contributed by atoms with van der Waals surface area (Å²) < 4.78 is 0. The van der Waals surface area contributed by atoms with Crippen molar-refractivity contribution in [3.8, 4) is 0 Å². The monoisotopic (exact) mass is 319 g/mol. The largest absolute Gasteiger partial charge is 0.371 e. The standard InChI is InChI=1S/C16H21N3O2S/c20-15(10-19-12-22-11-16(19)21)17-8-13-6-7-18(9-13)14-4-2-1-3-5-14/h1-5,13H,6-12H2,(H,17,20)/t13-/m1/s1. The smallest absolute Gasteiger partial charge is 0.239 e. The number of thioether (sulfide) groups is 1. The number of benzene rings is 1. The van der Waals surface area contributed by atoms with E-state index in [2.05, 4.69) is 34.5 Å². The van der Waals surface area contributed by atoms with Crippen molar-refractivity contribution in [1.29, 1.82) is 0 Å². The predicted octanol–water partition coefficient (Wildman–Crippen LogP) is 1.16. The Bertz CT molecular complexity index is 537. The molecule has 5 nitrogen and oxygen atoms in total. The average Bonchev–Trinajstić information content (AvgIpc) is 3.16. The maximum absolute atomic E-state index is 11.9. The van der Waals surface area contributed by atoms with Crippen LogP contribution in [-0.4, -0.2) is 54.5 Å². The van der Waals surface area contributed by atoms with E-state index in [0.29, 0.717) is 24.1 Å². The second-order valence-corrected chi connectivity index (χ2v) is 6.76. The second kappa shape index (κ2) is 7.05. The van der Waals surface area contributed by atoms with E-state index in [1.54, 1.807) is 16.7 Å². The van der Waals surface area contributed by atoms with Crippen molar-refractivity contribution in [2.45, 2.75) is 6.42 Å². The number of carbonyl (C=O) groups excluding carboxylic acids is 2. The molecular formula is C16H21N3O2S. The number of rotatable bonds is 5. The van der Waals surface area contributed by atoms with E-state index in [9.17, 15) is 9.59 Å². The first-order valence-electron chi connectivity index (χ1n) is 7.64. The molecule has 1 aromatic carbocycles. The maximum Gasteiger partial charge on any atom is 0.239 e. The van der Waals surface area contributed by atoms with E-state index in [0.717, 1.165) is 19.5 Å². The highest BCUT2D eigenvalue weighted by atomic mass is 32.2. The molecule has 2 aliphatic rings. The van der Waals surface area contributed by atoms with Crippen LogP contribution in [-0.2, 0) is 9.59 Å². The van der Waals surface area contributed by atoms with Gasteiger partial charge in [-0.2, -0.15) is 0 Å². The molecule has 2 heterocycles. The van der Waals surface area contributed by atoms with E-state index < -0.39 is 0 Å². The van der Waals surface area contributed by atoms with Gasteiger partial charge in [-0.15, -0.1) is 11.8 Å². The highest BCUT2D eigenvalue weighted by molar-refractivity contribution is 8.00. The lowest BCUT2D eigenvalue weighted by Crippen LogP contribution is -2.40. The number of nitrogens with zero attached hydrogens (tertiary/aromatic N) is 2. The van der Waals surface area contributed by atoms with Gasteiger partial charge in [0, 0.05) is 25.3 Å². The van der Waals surface area contributed by atoms with Crippen LogP contribution in [0.25, 0.3) is 0 Å². The third kappa shape index (κ3) is 3.74. The van der Waals surface area contributed by atoms with Gasteiger partial charge in [0.15, 0.2) is 0 Å². The average molecular weight is 319 g/mol. The first-order chi connectivity index (χ1) is 10.7. The lowest BCUT2D eigenvalue weighted by atomic mass is 10.1. The van der Waals surface area contributed by atoms with Crippen LogP contribution in [0.5, 0.6) is 0 Å². The van der Waals surface area contributed by atoms with Gasteiger partial charge in [0.2, 0.25) is 11.8 Å². The molecule has 0 spiro atoms. The highest BCUT2D eigenvalue weighted by Crippen LogP contribution is 2.23. The molecule has 2 fully saturated rings. The van der Waals surface area contributed by atoms with Crippen LogP contribution in [0.4, 0.5) is 5.69 Å². The van der Waals surface area contributed by atoms with E-state index >= 15 is 0 Å². The van der Waals surface area contributed by atoms with Crippen LogP contribution in [0.15, 0.2) is 30.3 Å². The summed E-state index contributed by atoms with van der Waals surface area (Å²) in [4.78, 5) is 27.4. The first kappa shape index (κ1) is 15.2. The summed E-state index contributed by atoms with van der Waals surface area (Å²) in [6.07, 6.45) is 1.09. The molecule has 3 rings (SSSR count). The molecule has 0 unspecified atom stereocenters. The van der Waals surface area contributed by atoms with Crippen molar-refractivity contribution < 1.29 is 9.59 Å². The Kier molecular flexibility index (Phi) is 4.87. The summed E-state index contributed by atoms with van der Waals surface area (Å²) in [5.41, 5.74) is 1.25.